The molecule has 1 N–H and O–H groups in total. The van der Waals surface area contributed by atoms with Crippen LogP contribution in [0.3, 0.4) is 0 Å². The third-order valence-electron chi connectivity index (χ3n) is 5.18. The summed E-state index contributed by atoms with van der Waals surface area (Å²) in [4.78, 5) is 31.0. The number of benzene rings is 2. The number of phenols is 1. The average Bonchev–Trinajstić information content (AvgIpc) is 2.98. The number of piperazine rings is 1. The van der Waals surface area contributed by atoms with Crippen molar-refractivity contribution in [3.8, 4) is 5.75 Å². The van der Waals surface area contributed by atoms with Crippen molar-refractivity contribution in [1.29, 1.82) is 0 Å². The lowest BCUT2D eigenvalue weighted by Gasteiger charge is -2.38. The molecule has 0 saturated carbocycles. The van der Waals surface area contributed by atoms with Gasteiger partial charge in [-0.15, -0.1) is 0 Å². The normalized spacial score (nSPS) is 21.1. The zero-order valence-electron chi connectivity index (χ0n) is 14.7. The molecule has 0 bridgehead atoms. The van der Waals surface area contributed by atoms with Gasteiger partial charge < -0.3 is 10.0 Å². The van der Waals surface area contributed by atoms with E-state index in [1.165, 1.54) is 4.90 Å². The SMILES string of the molecule is O=C1C[C@@H](N2CCN(c3ccc(O)cc3)CC2)C(=O)N1c1ccc(Br)cc1. The summed E-state index contributed by atoms with van der Waals surface area (Å²) in [6, 6.07) is 14.0. The smallest absolute Gasteiger partial charge is 0.251 e. The molecule has 2 amide bonds. The Bertz CT molecular complexity index is 846. The Labute approximate surface area is 166 Å². The Balaban J connectivity index is 1.43. The number of rotatable bonds is 3. The molecule has 0 aromatic heterocycles. The van der Waals surface area contributed by atoms with Crippen LogP contribution in [0.1, 0.15) is 6.42 Å². The number of aromatic hydroxyl groups is 1. The van der Waals surface area contributed by atoms with Crippen LogP contribution in [0.25, 0.3) is 0 Å². The molecule has 6 nitrogen and oxygen atoms in total. The molecule has 2 aromatic rings. The summed E-state index contributed by atoms with van der Waals surface area (Å²) in [5, 5.41) is 9.43. The average molecular weight is 430 g/mol. The van der Waals surface area contributed by atoms with Gasteiger partial charge in [0.2, 0.25) is 5.91 Å². The highest BCUT2D eigenvalue weighted by atomic mass is 79.9. The molecule has 7 heteroatoms. The molecule has 1 atom stereocenters. The summed E-state index contributed by atoms with van der Waals surface area (Å²) in [6.07, 6.45) is 0.230. The minimum absolute atomic E-state index is 0.139. The topological polar surface area (TPSA) is 64.1 Å². The minimum Gasteiger partial charge on any atom is -0.508 e. The summed E-state index contributed by atoms with van der Waals surface area (Å²) in [7, 11) is 0. The fourth-order valence-electron chi connectivity index (χ4n) is 3.72. The number of phenolic OH excluding ortho intramolecular Hbond substituents is 1. The molecule has 2 aliphatic heterocycles. The van der Waals surface area contributed by atoms with Crippen molar-refractivity contribution in [1.82, 2.24) is 4.90 Å². The van der Waals surface area contributed by atoms with Crippen molar-refractivity contribution in [2.24, 2.45) is 0 Å². The first-order valence-electron chi connectivity index (χ1n) is 8.93. The van der Waals surface area contributed by atoms with Crippen LogP contribution in [0.2, 0.25) is 0 Å². The van der Waals surface area contributed by atoms with E-state index in [9.17, 15) is 14.7 Å². The van der Waals surface area contributed by atoms with Gasteiger partial charge in [0.1, 0.15) is 5.75 Å². The first-order chi connectivity index (χ1) is 13.0. The maximum absolute atomic E-state index is 12.9. The van der Waals surface area contributed by atoms with Gasteiger partial charge in [-0.25, -0.2) is 4.90 Å². The largest absolute Gasteiger partial charge is 0.508 e. The summed E-state index contributed by atoms with van der Waals surface area (Å²) in [6.45, 7) is 3.00. The van der Waals surface area contributed by atoms with Crippen LogP contribution < -0.4 is 9.80 Å². The second kappa shape index (κ2) is 7.32. The van der Waals surface area contributed by atoms with Crippen LogP contribution in [0.4, 0.5) is 11.4 Å². The van der Waals surface area contributed by atoms with Crippen molar-refractivity contribution >= 4 is 39.1 Å². The van der Waals surface area contributed by atoms with E-state index in [-0.39, 0.29) is 30.0 Å². The van der Waals surface area contributed by atoms with Crippen molar-refractivity contribution in [2.75, 3.05) is 36.0 Å². The number of carbonyl (C=O) groups is 2. The van der Waals surface area contributed by atoms with Crippen LogP contribution in [0, 0.1) is 0 Å². The molecule has 2 saturated heterocycles. The zero-order chi connectivity index (χ0) is 19.0. The molecule has 0 unspecified atom stereocenters. The van der Waals surface area contributed by atoms with Crippen molar-refractivity contribution in [3.63, 3.8) is 0 Å². The van der Waals surface area contributed by atoms with E-state index in [4.69, 9.17) is 0 Å². The fourth-order valence-corrected chi connectivity index (χ4v) is 3.98. The minimum atomic E-state index is -0.386. The highest BCUT2D eigenvalue weighted by Crippen LogP contribution is 2.28. The molecule has 0 spiro atoms. The lowest BCUT2D eigenvalue weighted by atomic mass is 10.1. The van der Waals surface area contributed by atoms with Gasteiger partial charge in [-0.2, -0.15) is 0 Å². The van der Waals surface area contributed by atoms with Crippen molar-refractivity contribution < 1.29 is 14.7 Å². The van der Waals surface area contributed by atoms with Gasteiger partial charge >= 0.3 is 0 Å². The molecule has 2 aromatic carbocycles. The van der Waals surface area contributed by atoms with Gasteiger partial charge in [-0.05, 0) is 48.5 Å². The molecular formula is C20H20BrN3O3. The number of carbonyl (C=O) groups excluding carboxylic acids is 2. The second-order valence-corrected chi connectivity index (χ2v) is 7.72. The molecule has 2 aliphatic rings. The number of amides is 2. The van der Waals surface area contributed by atoms with E-state index < -0.39 is 0 Å². The maximum Gasteiger partial charge on any atom is 0.251 e. The number of anilines is 2. The summed E-state index contributed by atoms with van der Waals surface area (Å²) in [5.41, 5.74) is 1.68. The third kappa shape index (κ3) is 3.57. The molecule has 0 aliphatic carbocycles. The molecular weight excluding hydrogens is 410 g/mol. The van der Waals surface area contributed by atoms with E-state index in [0.29, 0.717) is 5.69 Å². The lowest BCUT2D eigenvalue weighted by Crippen LogP contribution is -2.52. The Hall–Kier alpha value is -2.38. The van der Waals surface area contributed by atoms with Gasteiger partial charge in [0, 0.05) is 36.3 Å². The van der Waals surface area contributed by atoms with Gasteiger partial charge in [-0.1, -0.05) is 15.9 Å². The Morgan fingerprint density at radius 3 is 2.07 bits per heavy atom. The molecule has 2 fully saturated rings. The number of nitrogens with zero attached hydrogens (tertiary/aromatic N) is 3. The second-order valence-electron chi connectivity index (χ2n) is 6.80. The first kappa shape index (κ1) is 18.0. The molecule has 4 rings (SSSR count). The standard InChI is InChI=1S/C20H20BrN3O3/c21-14-1-3-16(4-2-14)24-19(26)13-18(20(24)27)23-11-9-22(10-12-23)15-5-7-17(25)8-6-15/h1-8,18,25H,9-13H2/t18-/m1/s1. The van der Waals surface area contributed by atoms with E-state index in [1.807, 2.05) is 24.3 Å². The lowest BCUT2D eigenvalue weighted by molar-refractivity contribution is -0.123. The highest BCUT2D eigenvalue weighted by molar-refractivity contribution is 9.10. The molecule has 2 heterocycles. The zero-order valence-corrected chi connectivity index (χ0v) is 16.3. The maximum atomic E-state index is 12.9. The molecule has 140 valence electrons. The Morgan fingerprint density at radius 2 is 1.44 bits per heavy atom. The summed E-state index contributed by atoms with van der Waals surface area (Å²) >= 11 is 3.37. The predicted molar refractivity (Wildman–Crippen MR) is 107 cm³/mol. The van der Waals surface area contributed by atoms with E-state index in [1.54, 1.807) is 24.3 Å². The number of halogens is 1. The molecule has 27 heavy (non-hydrogen) atoms. The van der Waals surface area contributed by atoms with Gasteiger partial charge in [0.05, 0.1) is 18.2 Å². The van der Waals surface area contributed by atoms with Gasteiger partial charge in [-0.3, -0.25) is 14.5 Å². The summed E-state index contributed by atoms with van der Waals surface area (Å²) < 4.78 is 0.909. The Morgan fingerprint density at radius 1 is 0.852 bits per heavy atom. The Kier molecular flexibility index (Phi) is 4.88. The van der Waals surface area contributed by atoms with Crippen LogP contribution in [0.15, 0.2) is 53.0 Å². The third-order valence-corrected chi connectivity index (χ3v) is 5.71. The number of hydrogen-bond donors (Lipinski definition) is 1. The van der Waals surface area contributed by atoms with Crippen LogP contribution in [-0.2, 0) is 9.59 Å². The van der Waals surface area contributed by atoms with Gasteiger partial charge in [0.15, 0.2) is 0 Å². The van der Waals surface area contributed by atoms with E-state index >= 15 is 0 Å². The van der Waals surface area contributed by atoms with Crippen molar-refractivity contribution in [2.45, 2.75) is 12.5 Å². The predicted octanol–water partition coefficient (Wildman–Crippen LogP) is 2.61. The number of imide groups is 1. The van der Waals surface area contributed by atoms with Gasteiger partial charge in [0.25, 0.3) is 5.91 Å². The molecule has 0 radical (unpaired) electrons. The highest BCUT2D eigenvalue weighted by Gasteiger charge is 2.43. The van der Waals surface area contributed by atoms with E-state index in [2.05, 4.69) is 25.7 Å². The fraction of sp³-hybridized carbons (Fsp3) is 0.300. The van der Waals surface area contributed by atoms with E-state index in [0.717, 1.165) is 36.3 Å². The van der Waals surface area contributed by atoms with Crippen LogP contribution >= 0.6 is 15.9 Å². The number of hydrogen-bond acceptors (Lipinski definition) is 5. The quantitative estimate of drug-likeness (QED) is 0.759. The monoisotopic (exact) mass is 429 g/mol. The summed E-state index contributed by atoms with van der Waals surface area (Å²) in [5.74, 6) is -0.0332. The van der Waals surface area contributed by atoms with Crippen LogP contribution in [-0.4, -0.2) is 54.0 Å². The first-order valence-corrected chi connectivity index (χ1v) is 9.72. The van der Waals surface area contributed by atoms with Crippen LogP contribution in [0.5, 0.6) is 5.75 Å². The van der Waals surface area contributed by atoms with Crippen molar-refractivity contribution in [3.05, 3.63) is 53.0 Å².